The van der Waals surface area contributed by atoms with E-state index in [0.717, 1.165) is 5.56 Å². The maximum atomic E-state index is 12.0. The highest BCUT2D eigenvalue weighted by Crippen LogP contribution is 2.14. The summed E-state index contributed by atoms with van der Waals surface area (Å²) < 4.78 is 0. The van der Waals surface area contributed by atoms with Crippen LogP contribution in [0.1, 0.15) is 26.3 Å². The van der Waals surface area contributed by atoms with Gasteiger partial charge in [0.15, 0.2) is 0 Å². The first-order chi connectivity index (χ1) is 8.93. The molecule has 1 aromatic rings. The molecule has 0 aromatic heterocycles. The van der Waals surface area contributed by atoms with Crippen molar-refractivity contribution in [1.29, 1.82) is 0 Å². The molecule has 1 amide bonds. The summed E-state index contributed by atoms with van der Waals surface area (Å²) in [5.41, 5.74) is 1.09. The first-order valence-corrected chi connectivity index (χ1v) is 6.97. The van der Waals surface area contributed by atoms with E-state index in [-0.39, 0.29) is 30.4 Å². The average Bonchev–Trinajstić information content (AvgIpc) is 2.40. The predicted octanol–water partition coefficient (Wildman–Crippen LogP) is 2.65. The number of rotatable bonds is 6. The summed E-state index contributed by atoms with van der Waals surface area (Å²) >= 11 is 5.83. The van der Waals surface area contributed by atoms with Crippen LogP contribution in [0.25, 0.3) is 0 Å². The van der Waals surface area contributed by atoms with Gasteiger partial charge in [0.2, 0.25) is 5.91 Å². The Morgan fingerprint density at radius 1 is 1.26 bits per heavy atom. The fourth-order valence-corrected chi connectivity index (χ4v) is 1.86. The minimum absolute atomic E-state index is 0.0164. The van der Waals surface area contributed by atoms with Crippen LogP contribution in [0.2, 0.25) is 5.02 Å². The molecular weight excluding hydrogens is 262 g/mol. The van der Waals surface area contributed by atoms with Gasteiger partial charge < -0.3 is 10.4 Å². The third-order valence-electron chi connectivity index (χ3n) is 3.41. The van der Waals surface area contributed by atoms with Crippen LogP contribution in [-0.2, 0) is 11.2 Å². The topological polar surface area (TPSA) is 49.3 Å². The Morgan fingerprint density at radius 2 is 1.84 bits per heavy atom. The van der Waals surface area contributed by atoms with Crippen molar-refractivity contribution < 1.29 is 9.90 Å². The molecule has 3 unspecified atom stereocenters. The van der Waals surface area contributed by atoms with E-state index in [4.69, 9.17) is 16.7 Å². The predicted molar refractivity (Wildman–Crippen MR) is 78.2 cm³/mol. The summed E-state index contributed by atoms with van der Waals surface area (Å²) in [5, 5.41) is 12.7. The lowest BCUT2D eigenvalue weighted by Gasteiger charge is -2.21. The molecular formula is C15H22ClNO2. The number of amides is 1. The normalized spacial score (nSPS) is 15.6. The zero-order valence-corrected chi connectivity index (χ0v) is 12.4. The molecule has 0 heterocycles. The molecule has 3 nitrogen and oxygen atoms in total. The summed E-state index contributed by atoms with van der Waals surface area (Å²) in [5.74, 6) is -0.0241. The summed E-state index contributed by atoms with van der Waals surface area (Å²) in [4.78, 5) is 12.0. The maximum absolute atomic E-state index is 12.0. The third-order valence-corrected chi connectivity index (χ3v) is 3.67. The van der Waals surface area contributed by atoms with Crippen molar-refractivity contribution in [2.75, 3.05) is 6.61 Å². The van der Waals surface area contributed by atoms with Crippen LogP contribution in [-0.4, -0.2) is 23.7 Å². The number of hydrogen-bond donors (Lipinski definition) is 2. The van der Waals surface area contributed by atoms with Gasteiger partial charge >= 0.3 is 0 Å². The summed E-state index contributed by atoms with van der Waals surface area (Å²) in [6.07, 6.45) is 0.684. The highest BCUT2D eigenvalue weighted by molar-refractivity contribution is 6.30. The number of halogens is 1. The fraction of sp³-hybridized carbons (Fsp3) is 0.533. The van der Waals surface area contributed by atoms with E-state index in [2.05, 4.69) is 5.32 Å². The number of aliphatic hydroxyl groups is 1. The van der Waals surface area contributed by atoms with Gasteiger partial charge in [-0.25, -0.2) is 0 Å². The van der Waals surface area contributed by atoms with Crippen molar-refractivity contribution >= 4 is 17.5 Å². The number of aliphatic hydroxyl groups excluding tert-OH is 1. The van der Waals surface area contributed by atoms with Crippen molar-refractivity contribution in [2.24, 2.45) is 11.8 Å². The fourth-order valence-electron chi connectivity index (χ4n) is 1.73. The van der Waals surface area contributed by atoms with E-state index in [1.807, 2.05) is 45.0 Å². The minimum atomic E-state index is -0.102. The van der Waals surface area contributed by atoms with E-state index >= 15 is 0 Å². The smallest absolute Gasteiger partial charge is 0.223 e. The van der Waals surface area contributed by atoms with Gasteiger partial charge in [-0.1, -0.05) is 37.6 Å². The Hall–Kier alpha value is -1.06. The summed E-state index contributed by atoms with van der Waals surface area (Å²) in [6.45, 7) is 5.80. The van der Waals surface area contributed by atoms with Crippen molar-refractivity contribution in [3.8, 4) is 0 Å². The molecule has 19 heavy (non-hydrogen) atoms. The number of carbonyl (C=O) groups is 1. The molecule has 4 heteroatoms. The van der Waals surface area contributed by atoms with Crippen molar-refractivity contribution in [3.05, 3.63) is 34.9 Å². The van der Waals surface area contributed by atoms with Crippen LogP contribution < -0.4 is 5.32 Å². The second-order valence-electron chi connectivity index (χ2n) is 5.19. The van der Waals surface area contributed by atoms with E-state index in [0.29, 0.717) is 11.4 Å². The average molecular weight is 284 g/mol. The molecule has 106 valence electrons. The zero-order chi connectivity index (χ0) is 14.4. The molecule has 2 N–H and O–H groups in total. The largest absolute Gasteiger partial charge is 0.396 e. The van der Waals surface area contributed by atoms with Gasteiger partial charge in [0.1, 0.15) is 0 Å². The van der Waals surface area contributed by atoms with Crippen LogP contribution in [0.4, 0.5) is 0 Å². The Balaban J connectivity index is 2.51. The molecule has 0 aliphatic rings. The number of nitrogens with one attached hydrogen (secondary N) is 1. The zero-order valence-electron chi connectivity index (χ0n) is 11.7. The molecule has 0 bridgehead atoms. The first kappa shape index (κ1) is 16.0. The minimum Gasteiger partial charge on any atom is -0.396 e. The third kappa shape index (κ3) is 5.21. The van der Waals surface area contributed by atoms with Gasteiger partial charge in [0, 0.05) is 23.6 Å². The Labute approximate surface area is 120 Å². The number of benzene rings is 1. The van der Waals surface area contributed by atoms with E-state index < -0.39 is 0 Å². The van der Waals surface area contributed by atoms with Crippen LogP contribution in [0.5, 0.6) is 0 Å². The summed E-state index contributed by atoms with van der Waals surface area (Å²) in [7, 11) is 0. The van der Waals surface area contributed by atoms with Crippen LogP contribution in [0.15, 0.2) is 24.3 Å². The van der Waals surface area contributed by atoms with Crippen LogP contribution >= 0.6 is 11.6 Å². The van der Waals surface area contributed by atoms with Gasteiger partial charge in [-0.2, -0.15) is 0 Å². The van der Waals surface area contributed by atoms with Gasteiger partial charge in [0.05, 0.1) is 0 Å². The van der Waals surface area contributed by atoms with Crippen LogP contribution in [0.3, 0.4) is 0 Å². The second-order valence-corrected chi connectivity index (χ2v) is 5.63. The van der Waals surface area contributed by atoms with Crippen molar-refractivity contribution in [3.63, 3.8) is 0 Å². The van der Waals surface area contributed by atoms with Gasteiger partial charge in [-0.3, -0.25) is 4.79 Å². The van der Waals surface area contributed by atoms with Crippen LogP contribution in [0, 0.1) is 11.8 Å². The van der Waals surface area contributed by atoms with Crippen molar-refractivity contribution in [2.45, 2.75) is 33.2 Å². The lowest BCUT2D eigenvalue weighted by molar-refractivity contribution is -0.125. The number of carbonyl (C=O) groups excluding carboxylic acids is 1. The Morgan fingerprint density at radius 3 is 2.37 bits per heavy atom. The number of hydrogen-bond acceptors (Lipinski definition) is 2. The highest BCUT2D eigenvalue weighted by atomic mass is 35.5. The van der Waals surface area contributed by atoms with Crippen molar-refractivity contribution in [1.82, 2.24) is 5.32 Å². The molecule has 0 aliphatic heterocycles. The standard InChI is InChI=1S/C15H22ClNO2/c1-10(8-13-4-6-14(16)7-5-13)15(19)17-12(3)11(2)9-18/h4-7,10-12,18H,8-9H2,1-3H3,(H,17,19). The lowest BCUT2D eigenvalue weighted by atomic mass is 9.98. The molecule has 1 aromatic carbocycles. The molecule has 0 saturated carbocycles. The molecule has 0 aliphatic carbocycles. The first-order valence-electron chi connectivity index (χ1n) is 6.59. The Bertz CT molecular complexity index is 405. The van der Waals surface area contributed by atoms with Gasteiger partial charge in [-0.05, 0) is 37.0 Å². The SMILES string of the molecule is CC(Cc1ccc(Cl)cc1)C(=O)NC(C)C(C)CO. The maximum Gasteiger partial charge on any atom is 0.223 e. The van der Waals surface area contributed by atoms with Gasteiger partial charge in [0.25, 0.3) is 0 Å². The van der Waals surface area contributed by atoms with E-state index in [9.17, 15) is 4.79 Å². The van der Waals surface area contributed by atoms with E-state index in [1.54, 1.807) is 0 Å². The molecule has 0 fully saturated rings. The molecule has 0 saturated heterocycles. The second kappa shape index (κ2) is 7.51. The highest BCUT2D eigenvalue weighted by Gasteiger charge is 2.18. The molecule has 0 spiro atoms. The van der Waals surface area contributed by atoms with Gasteiger partial charge in [-0.15, -0.1) is 0 Å². The van der Waals surface area contributed by atoms with E-state index in [1.165, 1.54) is 0 Å². The molecule has 0 radical (unpaired) electrons. The molecule has 3 atom stereocenters. The summed E-state index contributed by atoms with van der Waals surface area (Å²) in [6, 6.07) is 7.51. The quantitative estimate of drug-likeness (QED) is 0.843. The monoisotopic (exact) mass is 283 g/mol. The lowest BCUT2D eigenvalue weighted by Crippen LogP contribution is -2.41. The molecule has 1 rings (SSSR count). The Kier molecular flexibility index (Phi) is 6.32.